The number of amides is 1. The van der Waals surface area contributed by atoms with Crippen molar-refractivity contribution in [2.45, 2.75) is 19.8 Å². The third kappa shape index (κ3) is 4.20. The summed E-state index contributed by atoms with van der Waals surface area (Å²) in [6.45, 7) is 1.87. The molecule has 0 saturated carbocycles. The fourth-order valence-corrected chi connectivity index (χ4v) is 2.56. The largest absolute Gasteiger partial charge is 0.311 e. The second-order valence-corrected chi connectivity index (χ2v) is 5.76. The highest BCUT2D eigenvalue weighted by atomic mass is 16.2. The van der Waals surface area contributed by atoms with Gasteiger partial charge in [-0.05, 0) is 19.1 Å². The second-order valence-electron chi connectivity index (χ2n) is 5.76. The predicted molar refractivity (Wildman–Crippen MR) is 96.9 cm³/mol. The summed E-state index contributed by atoms with van der Waals surface area (Å²) in [5.41, 5.74) is 2.30. The summed E-state index contributed by atoms with van der Waals surface area (Å²) in [6, 6.07) is 20.4. The van der Waals surface area contributed by atoms with E-state index in [0.29, 0.717) is 11.4 Å². The summed E-state index contributed by atoms with van der Waals surface area (Å²) in [4.78, 5) is 24.3. The standard InChI is InChI=1S/C20H19N3O2/c1-15-14-19(23(22-15)17-10-6-3-7-11-17)21-20(25)13-12-18(24)16-8-4-2-5-9-16/h2-11,14H,12-13H2,1H3,(H,21,25). The van der Waals surface area contributed by atoms with Crippen molar-refractivity contribution in [2.24, 2.45) is 0 Å². The van der Waals surface area contributed by atoms with E-state index in [1.54, 1.807) is 16.8 Å². The number of benzene rings is 2. The molecule has 1 heterocycles. The topological polar surface area (TPSA) is 64.0 Å². The van der Waals surface area contributed by atoms with Crippen LogP contribution in [0.1, 0.15) is 28.9 Å². The maximum atomic E-state index is 12.2. The first kappa shape index (κ1) is 16.6. The van der Waals surface area contributed by atoms with Crippen molar-refractivity contribution >= 4 is 17.5 Å². The van der Waals surface area contributed by atoms with E-state index < -0.39 is 0 Å². The Morgan fingerprint density at radius 3 is 2.28 bits per heavy atom. The van der Waals surface area contributed by atoms with Crippen molar-refractivity contribution in [2.75, 3.05) is 5.32 Å². The molecule has 0 fully saturated rings. The smallest absolute Gasteiger partial charge is 0.225 e. The summed E-state index contributed by atoms with van der Waals surface area (Å²) in [7, 11) is 0. The van der Waals surface area contributed by atoms with Gasteiger partial charge in [0.25, 0.3) is 0 Å². The number of carbonyl (C=O) groups excluding carboxylic acids is 2. The molecule has 0 saturated heterocycles. The molecule has 5 nitrogen and oxygen atoms in total. The number of Topliss-reactive ketones (excluding diaryl/α,β-unsaturated/α-hetero) is 1. The third-order valence-electron chi connectivity index (χ3n) is 3.77. The fraction of sp³-hybridized carbons (Fsp3) is 0.150. The Balaban J connectivity index is 1.65. The number of anilines is 1. The summed E-state index contributed by atoms with van der Waals surface area (Å²) in [5, 5.41) is 7.26. The molecule has 3 rings (SSSR count). The highest BCUT2D eigenvalue weighted by Gasteiger charge is 2.13. The molecule has 0 bridgehead atoms. The van der Waals surface area contributed by atoms with Gasteiger partial charge >= 0.3 is 0 Å². The number of hydrogen-bond donors (Lipinski definition) is 1. The van der Waals surface area contributed by atoms with Crippen LogP contribution >= 0.6 is 0 Å². The lowest BCUT2D eigenvalue weighted by atomic mass is 10.1. The van der Waals surface area contributed by atoms with Crippen LogP contribution in [0, 0.1) is 6.92 Å². The first-order valence-corrected chi connectivity index (χ1v) is 8.13. The number of hydrogen-bond acceptors (Lipinski definition) is 3. The highest BCUT2D eigenvalue weighted by Crippen LogP contribution is 2.17. The van der Waals surface area contributed by atoms with Gasteiger partial charge in [0.05, 0.1) is 11.4 Å². The molecule has 0 atom stereocenters. The molecular weight excluding hydrogens is 314 g/mol. The normalized spacial score (nSPS) is 10.4. The Bertz CT molecular complexity index is 870. The van der Waals surface area contributed by atoms with E-state index in [1.807, 2.05) is 61.5 Å². The number of aromatic nitrogens is 2. The van der Waals surface area contributed by atoms with E-state index in [2.05, 4.69) is 10.4 Å². The maximum absolute atomic E-state index is 12.2. The average molecular weight is 333 g/mol. The lowest BCUT2D eigenvalue weighted by Crippen LogP contribution is -2.16. The van der Waals surface area contributed by atoms with Gasteiger partial charge in [-0.1, -0.05) is 48.5 Å². The zero-order valence-corrected chi connectivity index (χ0v) is 14.0. The van der Waals surface area contributed by atoms with E-state index in [-0.39, 0.29) is 24.5 Å². The molecule has 0 aliphatic rings. The number of rotatable bonds is 6. The van der Waals surface area contributed by atoms with E-state index in [0.717, 1.165) is 11.4 Å². The molecule has 1 N–H and O–H groups in total. The molecule has 0 unspecified atom stereocenters. The first-order chi connectivity index (χ1) is 12.1. The van der Waals surface area contributed by atoms with Crippen LogP contribution in [0.5, 0.6) is 0 Å². The lowest BCUT2D eigenvalue weighted by molar-refractivity contribution is -0.116. The Hall–Kier alpha value is -3.21. The summed E-state index contributed by atoms with van der Waals surface area (Å²) >= 11 is 0. The van der Waals surface area contributed by atoms with Gasteiger partial charge in [-0.3, -0.25) is 9.59 Å². The van der Waals surface area contributed by atoms with Gasteiger partial charge < -0.3 is 5.32 Å². The number of ketones is 1. The predicted octanol–water partition coefficient (Wildman–Crippen LogP) is 3.78. The van der Waals surface area contributed by atoms with E-state index in [4.69, 9.17) is 0 Å². The van der Waals surface area contributed by atoms with Crippen LogP contribution in [-0.2, 0) is 4.79 Å². The molecule has 2 aromatic carbocycles. The van der Waals surface area contributed by atoms with Gasteiger partial charge in [-0.15, -0.1) is 0 Å². The van der Waals surface area contributed by atoms with Crippen LogP contribution in [0.25, 0.3) is 5.69 Å². The highest BCUT2D eigenvalue weighted by molar-refractivity contribution is 5.99. The Kier molecular flexibility index (Phi) is 5.04. The molecule has 0 radical (unpaired) electrons. The molecule has 3 aromatic rings. The number of nitrogens with zero attached hydrogens (tertiary/aromatic N) is 2. The minimum Gasteiger partial charge on any atom is -0.311 e. The number of nitrogens with one attached hydrogen (secondary N) is 1. The SMILES string of the molecule is Cc1cc(NC(=O)CCC(=O)c2ccccc2)n(-c2ccccc2)n1. The van der Waals surface area contributed by atoms with Crippen LogP contribution in [-0.4, -0.2) is 21.5 Å². The fourth-order valence-electron chi connectivity index (χ4n) is 2.56. The van der Waals surface area contributed by atoms with Crippen molar-refractivity contribution in [3.8, 4) is 5.69 Å². The Morgan fingerprint density at radius 1 is 0.960 bits per heavy atom. The second kappa shape index (κ2) is 7.57. The summed E-state index contributed by atoms with van der Waals surface area (Å²) in [5.74, 6) is 0.353. The van der Waals surface area contributed by atoms with Crippen LogP contribution < -0.4 is 5.32 Å². The van der Waals surface area contributed by atoms with Crippen molar-refractivity contribution in [3.63, 3.8) is 0 Å². The molecule has 0 spiro atoms. The van der Waals surface area contributed by atoms with Crippen LogP contribution in [0.2, 0.25) is 0 Å². The summed E-state index contributed by atoms with van der Waals surface area (Å²) < 4.78 is 1.69. The van der Waals surface area contributed by atoms with Crippen molar-refractivity contribution < 1.29 is 9.59 Å². The first-order valence-electron chi connectivity index (χ1n) is 8.13. The summed E-state index contributed by atoms with van der Waals surface area (Å²) in [6.07, 6.45) is 0.307. The van der Waals surface area contributed by atoms with Gasteiger partial charge in [0, 0.05) is 24.5 Å². The molecule has 1 amide bonds. The minimum atomic E-state index is -0.207. The van der Waals surface area contributed by atoms with Crippen molar-refractivity contribution in [3.05, 3.63) is 78.0 Å². The molecule has 1 aromatic heterocycles. The van der Waals surface area contributed by atoms with Gasteiger partial charge in [0.2, 0.25) is 5.91 Å². The lowest BCUT2D eigenvalue weighted by Gasteiger charge is -2.08. The Labute approximate surface area is 146 Å². The zero-order valence-electron chi connectivity index (χ0n) is 14.0. The van der Waals surface area contributed by atoms with Crippen LogP contribution in [0.4, 0.5) is 5.82 Å². The van der Waals surface area contributed by atoms with Gasteiger partial charge in [0.1, 0.15) is 5.82 Å². The molecular formula is C20H19N3O2. The van der Waals surface area contributed by atoms with Gasteiger partial charge in [-0.2, -0.15) is 5.10 Å². The van der Waals surface area contributed by atoms with Crippen LogP contribution in [0.3, 0.4) is 0 Å². The number of carbonyl (C=O) groups is 2. The number of aryl methyl sites for hydroxylation is 1. The maximum Gasteiger partial charge on any atom is 0.225 e. The third-order valence-corrected chi connectivity index (χ3v) is 3.77. The molecule has 0 aliphatic carbocycles. The molecule has 25 heavy (non-hydrogen) atoms. The number of para-hydroxylation sites is 1. The van der Waals surface area contributed by atoms with Crippen molar-refractivity contribution in [1.29, 1.82) is 0 Å². The van der Waals surface area contributed by atoms with E-state index in [1.165, 1.54) is 0 Å². The van der Waals surface area contributed by atoms with Crippen molar-refractivity contribution in [1.82, 2.24) is 9.78 Å². The zero-order chi connectivity index (χ0) is 17.6. The minimum absolute atomic E-state index is 0.0384. The Morgan fingerprint density at radius 2 is 1.60 bits per heavy atom. The molecule has 5 heteroatoms. The average Bonchev–Trinajstić information content (AvgIpc) is 3.01. The quantitative estimate of drug-likeness (QED) is 0.698. The van der Waals surface area contributed by atoms with Gasteiger partial charge in [-0.25, -0.2) is 4.68 Å². The van der Waals surface area contributed by atoms with Crippen LogP contribution in [0.15, 0.2) is 66.7 Å². The van der Waals surface area contributed by atoms with Gasteiger partial charge in [0.15, 0.2) is 5.78 Å². The van der Waals surface area contributed by atoms with E-state index >= 15 is 0 Å². The molecule has 126 valence electrons. The van der Waals surface area contributed by atoms with E-state index in [9.17, 15) is 9.59 Å². The molecule has 0 aliphatic heterocycles. The monoisotopic (exact) mass is 333 g/mol.